The van der Waals surface area contributed by atoms with Gasteiger partial charge in [0.15, 0.2) is 5.60 Å². The third-order valence-corrected chi connectivity index (χ3v) is 3.51. The molecular weight excluding hydrogens is 337 g/mol. The van der Waals surface area contributed by atoms with Crippen LogP contribution in [0.4, 0.5) is 5.69 Å². The number of carbonyl (C=O) groups is 1. The minimum absolute atomic E-state index is 0.124. The number of hydrogen-bond acceptors (Lipinski definition) is 3. The van der Waals surface area contributed by atoms with E-state index in [-0.39, 0.29) is 11.1 Å². The topological polar surface area (TPSA) is 29.5 Å². The number of anilines is 1. The Balaban J connectivity index is 2.47. The van der Waals surface area contributed by atoms with Crippen LogP contribution in [0.25, 0.3) is 0 Å². The number of benzene rings is 1. The van der Waals surface area contributed by atoms with Crippen LogP contribution in [0.15, 0.2) is 24.3 Å². The van der Waals surface area contributed by atoms with Gasteiger partial charge < -0.3 is 4.74 Å². The summed E-state index contributed by atoms with van der Waals surface area (Å²) in [4.78, 5) is 13.6. The number of carbonyl (C=O) groups excluding carboxylic acids is 1. The van der Waals surface area contributed by atoms with Crippen molar-refractivity contribution in [2.75, 3.05) is 4.90 Å². The van der Waals surface area contributed by atoms with Crippen LogP contribution in [0.3, 0.4) is 0 Å². The zero-order valence-corrected chi connectivity index (χ0v) is 11.8. The highest BCUT2D eigenvalue weighted by atomic mass is 127. The van der Waals surface area contributed by atoms with Crippen LogP contribution in [0.1, 0.15) is 13.8 Å². The molecule has 3 nitrogen and oxygen atoms in total. The van der Waals surface area contributed by atoms with Gasteiger partial charge in [0.25, 0.3) is 11.1 Å². The van der Waals surface area contributed by atoms with E-state index < -0.39 is 5.60 Å². The maximum Gasteiger partial charge on any atom is 0.278 e. The van der Waals surface area contributed by atoms with E-state index in [0.29, 0.717) is 0 Å². The molecule has 1 saturated heterocycles. The maximum atomic E-state index is 12.1. The third kappa shape index (κ3) is 1.82. The Morgan fingerprint density at radius 3 is 2.50 bits per heavy atom. The number of hydrogen-bond donors (Lipinski definition) is 0. The fraction of sp³-hybridized carbons (Fsp3) is 0.273. The Labute approximate surface area is 113 Å². The van der Waals surface area contributed by atoms with Crippen LogP contribution in [-0.4, -0.2) is 16.7 Å². The summed E-state index contributed by atoms with van der Waals surface area (Å²) < 4.78 is 6.36. The molecule has 0 saturated carbocycles. The van der Waals surface area contributed by atoms with E-state index in [0.717, 1.165) is 9.26 Å². The molecule has 5 heteroatoms. The molecule has 0 aromatic heterocycles. The predicted octanol–water partition coefficient (Wildman–Crippen LogP) is 2.72. The lowest BCUT2D eigenvalue weighted by Crippen LogP contribution is -2.36. The predicted molar refractivity (Wildman–Crippen MR) is 74.4 cm³/mol. The summed E-state index contributed by atoms with van der Waals surface area (Å²) >= 11 is 7.26. The normalized spacial score (nSPS) is 18.8. The minimum atomic E-state index is -0.865. The quantitative estimate of drug-likeness (QED) is 0.578. The van der Waals surface area contributed by atoms with Gasteiger partial charge in [0, 0.05) is 3.57 Å². The summed E-state index contributed by atoms with van der Waals surface area (Å²) in [6, 6.07) is 7.58. The Morgan fingerprint density at radius 1 is 1.38 bits per heavy atom. The molecule has 2 rings (SSSR count). The monoisotopic (exact) mass is 347 g/mol. The minimum Gasteiger partial charge on any atom is -0.454 e. The lowest BCUT2D eigenvalue weighted by molar-refractivity contribution is -0.127. The molecular formula is C11H10INO2S. The number of ether oxygens (including phenoxy) is 1. The first kappa shape index (κ1) is 11.8. The average molecular weight is 347 g/mol. The number of para-hydroxylation sites is 1. The van der Waals surface area contributed by atoms with Gasteiger partial charge in [-0.25, -0.2) is 4.90 Å². The van der Waals surface area contributed by atoms with E-state index in [2.05, 4.69) is 22.6 Å². The van der Waals surface area contributed by atoms with E-state index in [4.69, 9.17) is 17.0 Å². The van der Waals surface area contributed by atoms with Crippen molar-refractivity contribution in [1.82, 2.24) is 0 Å². The fourth-order valence-electron chi connectivity index (χ4n) is 1.50. The zero-order valence-electron chi connectivity index (χ0n) is 8.86. The lowest BCUT2D eigenvalue weighted by atomic mass is 10.1. The van der Waals surface area contributed by atoms with Gasteiger partial charge in [-0.3, -0.25) is 4.79 Å². The van der Waals surface area contributed by atoms with Crippen molar-refractivity contribution >= 4 is 51.6 Å². The Kier molecular flexibility index (Phi) is 2.91. The molecule has 1 fully saturated rings. The van der Waals surface area contributed by atoms with Gasteiger partial charge in [-0.2, -0.15) is 0 Å². The van der Waals surface area contributed by atoms with Crippen molar-refractivity contribution < 1.29 is 9.53 Å². The summed E-state index contributed by atoms with van der Waals surface area (Å²) in [5.41, 5.74) is -0.0839. The highest BCUT2D eigenvalue weighted by Gasteiger charge is 2.45. The number of halogens is 1. The number of nitrogens with zero attached hydrogens (tertiary/aromatic N) is 1. The third-order valence-electron chi connectivity index (χ3n) is 2.34. The maximum absolute atomic E-state index is 12.1. The average Bonchev–Trinajstić information content (AvgIpc) is 2.39. The summed E-state index contributed by atoms with van der Waals surface area (Å²) in [5.74, 6) is -0.124. The second-order valence-electron chi connectivity index (χ2n) is 3.97. The van der Waals surface area contributed by atoms with Crippen molar-refractivity contribution in [3.63, 3.8) is 0 Å². The van der Waals surface area contributed by atoms with Gasteiger partial charge in [0.05, 0.1) is 5.69 Å². The fourth-order valence-corrected chi connectivity index (χ4v) is 2.52. The SMILES string of the molecule is CC1(C)OC(=S)N(c2ccccc2I)C1=O. The van der Waals surface area contributed by atoms with Crippen molar-refractivity contribution in [2.45, 2.75) is 19.4 Å². The van der Waals surface area contributed by atoms with Gasteiger partial charge in [-0.1, -0.05) is 12.1 Å². The van der Waals surface area contributed by atoms with Crippen LogP contribution in [0, 0.1) is 3.57 Å². The van der Waals surface area contributed by atoms with Crippen LogP contribution in [-0.2, 0) is 9.53 Å². The first-order valence-corrected chi connectivity index (χ1v) is 6.24. The summed E-state index contributed by atoms with van der Waals surface area (Å²) in [6.07, 6.45) is 0. The van der Waals surface area contributed by atoms with Gasteiger partial charge in [0.1, 0.15) is 0 Å². The summed E-state index contributed by atoms with van der Waals surface area (Å²) in [5, 5.41) is 0.221. The number of amides is 1. The smallest absolute Gasteiger partial charge is 0.278 e. The molecule has 1 aliphatic heterocycles. The largest absolute Gasteiger partial charge is 0.454 e. The first-order chi connectivity index (χ1) is 7.43. The molecule has 1 aliphatic rings. The molecule has 1 heterocycles. The molecule has 84 valence electrons. The number of rotatable bonds is 1. The highest BCUT2D eigenvalue weighted by molar-refractivity contribution is 14.1. The zero-order chi connectivity index (χ0) is 11.9. The molecule has 0 aliphatic carbocycles. The molecule has 16 heavy (non-hydrogen) atoms. The van der Waals surface area contributed by atoms with Crippen molar-refractivity contribution in [3.05, 3.63) is 27.8 Å². The molecule has 0 N–H and O–H groups in total. The second kappa shape index (κ2) is 3.96. The molecule has 1 aromatic carbocycles. The van der Waals surface area contributed by atoms with Crippen LogP contribution >= 0.6 is 34.8 Å². The summed E-state index contributed by atoms with van der Waals surface area (Å²) in [6.45, 7) is 3.44. The van der Waals surface area contributed by atoms with E-state index in [1.807, 2.05) is 24.3 Å². The van der Waals surface area contributed by atoms with E-state index >= 15 is 0 Å². The highest BCUT2D eigenvalue weighted by Crippen LogP contribution is 2.31. The molecule has 0 radical (unpaired) electrons. The van der Waals surface area contributed by atoms with E-state index in [9.17, 15) is 4.79 Å². The standard InChI is InChI=1S/C11H10INO2S/c1-11(2)9(14)13(10(16)15-11)8-6-4-3-5-7(8)12/h3-6H,1-2H3. The Bertz CT molecular complexity index is 473. The van der Waals surface area contributed by atoms with E-state index in [1.165, 1.54) is 4.90 Å². The van der Waals surface area contributed by atoms with Gasteiger partial charge >= 0.3 is 0 Å². The first-order valence-electron chi connectivity index (χ1n) is 4.75. The second-order valence-corrected chi connectivity index (χ2v) is 5.48. The van der Waals surface area contributed by atoms with Crippen LogP contribution < -0.4 is 4.90 Å². The van der Waals surface area contributed by atoms with Gasteiger partial charge in [-0.05, 0) is 60.8 Å². The Hall–Kier alpha value is -0.690. The molecule has 0 bridgehead atoms. The molecule has 0 spiro atoms. The molecule has 1 aromatic rings. The van der Waals surface area contributed by atoms with Crippen molar-refractivity contribution in [1.29, 1.82) is 0 Å². The lowest BCUT2D eigenvalue weighted by Gasteiger charge is -2.15. The molecule has 1 amide bonds. The summed E-state index contributed by atoms with van der Waals surface area (Å²) in [7, 11) is 0. The van der Waals surface area contributed by atoms with E-state index in [1.54, 1.807) is 13.8 Å². The van der Waals surface area contributed by atoms with Crippen LogP contribution in [0.5, 0.6) is 0 Å². The number of thiocarbonyl (C=S) groups is 1. The van der Waals surface area contributed by atoms with Gasteiger partial charge in [0.2, 0.25) is 0 Å². The van der Waals surface area contributed by atoms with Crippen LogP contribution in [0.2, 0.25) is 0 Å². The van der Waals surface area contributed by atoms with Crippen molar-refractivity contribution in [2.24, 2.45) is 0 Å². The van der Waals surface area contributed by atoms with Crippen molar-refractivity contribution in [3.8, 4) is 0 Å². The Morgan fingerprint density at radius 2 is 2.00 bits per heavy atom. The molecule has 0 atom stereocenters. The molecule has 0 unspecified atom stereocenters. The van der Waals surface area contributed by atoms with Gasteiger partial charge in [-0.15, -0.1) is 0 Å².